The molecule has 0 radical (unpaired) electrons. The van der Waals surface area contributed by atoms with Gasteiger partial charge in [0.1, 0.15) is 13.1 Å². The second kappa shape index (κ2) is 9.47. The van der Waals surface area contributed by atoms with E-state index in [1.54, 1.807) is 31.2 Å². The fourth-order valence-electron chi connectivity index (χ4n) is 3.70. The number of sulfonamides is 1. The zero-order valence-electron chi connectivity index (χ0n) is 18.7. The first-order valence-electron chi connectivity index (χ1n) is 10.5. The monoisotopic (exact) mass is 537 g/mol. The molecular formula is C24H19ClF3N3O4S. The Balaban J connectivity index is 1.80. The highest BCUT2D eigenvalue weighted by Crippen LogP contribution is 2.38. The summed E-state index contributed by atoms with van der Waals surface area (Å²) >= 11 is 5.73. The molecule has 12 heteroatoms. The van der Waals surface area contributed by atoms with Crippen molar-refractivity contribution in [2.75, 3.05) is 27.6 Å². The zero-order chi connectivity index (χ0) is 26.3. The van der Waals surface area contributed by atoms with Crippen LogP contribution >= 0.6 is 11.6 Å². The number of benzene rings is 3. The summed E-state index contributed by atoms with van der Waals surface area (Å²) in [6, 6.07) is 14.7. The molecule has 0 spiro atoms. The molecule has 0 aliphatic carbocycles. The number of nitrogens with one attached hydrogen (secondary N) is 1. The first-order valence-corrected chi connectivity index (χ1v) is 12.3. The van der Waals surface area contributed by atoms with Crippen LogP contribution < -0.4 is 14.5 Å². The topological polar surface area (TPSA) is 86.8 Å². The highest BCUT2D eigenvalue weighted by molar-refractivity contribution is 7.92. The van der Waals surface area contributed by atoms with E-state index in [4.69, 9.17) is 11.6 Å². The second-order valence-corrected chi connectivity index (χ2v) is 10.3. The summed E-state index contributed by atoms with van der Waals surface area (Å²) in [4.78, 5) is 26.4. The second-order valence-electron chi connectivity index (χ2n) is 8.03. The van der Waals surface area contributed by atoms with Crippen LogP contribution in [0.5, 0.6) is 0 Å². The van der Waals surface area contributed by atoms with Gasteiger partial charge in [-0.1, -0.05) is 41.4 Å². The highest BCUT2D eigenvalue weighted by Gasteiger charge is 2.37. The zero-order valence-corrected chi connectivity index (χ0v) is 20.3. The predicted octanol–water partition coefficient (Wildman–Crippen LogP) is 4.85. The lowest BCUT2D eigenvalue weighted by Crippen LogP contribution is -2.48. The molecule has 4 rings (SSSR count). The lowest BCUT2D eigenvalue weighted by atomic mass is 10.1. The Morgan fingerprint density at radius 2 is 1.75 bits per heavy atom. The van der Waals surface area contributed by atoms with Gasteiger partial charge in [0.2, 0.25) is 11.8 Å². The third kappa shape index (κ3) is 5.02. The molecular weight excluding hydrogens is 519 g/mol. The average Bonchev–Trinajstić information content (AvgIpc) is 2.81. The van der Waals surface area contributed by atoms with E-state index in [1.165, 1.54) is 24.3 Å². The van der Waals surface area contributed by atoms with Crippen LogP contribution in [0, 0.1) is 6.92 Å². The first kappa shape index (κ1) is 25.5. The largest absolute Gasteiger partial charge is 0.417 e. The SMILES string of the molecule is Cc1ccc(S(=O)(=O)N(CC(=O)N2CC(=O)Nc3ccccc32)c2ccc(Cl)c(C(F)(F)F)c2)cc1. The first-order chi connectivity index (χ1) is 16.9. The van der Waals surface area contributed by atoms with Gasteiger partial charge in [-0.05, 0) is 49.4 Å². The van der Waals surface area contributed by atoms with Crippen molar-refractivity contribution in [2.24, 2.45) is 0 Å². The highest BCUT2D eigenvalue weighted by atomic mass is 35.5. The number of nitrogens with zero attached hydrogens (tertiary/aromatic N) is 2. The fraction of sp³-hybridized carbons (Fsp3) is 0.167. The average molecular weight is 538 g/mol. The number of para-hydroxylation sites is 2. The summed E-state index contributed by atoms with van der Waals surface area (Å²) in [6.07, 6.45) is -4.86. The smallest absolute Gasteiger partial charge is 0.323 e. The standard InChI is InChI=1S/C24H19ClF3N3O4S/c1-15-6-9-17(10-7-15)36(34,35)31(16-8-11-19(25)18(12-16)24(26,27)28)14-23(33)30-13-22(32)29-20-4-2-3-5-21(20)30/h2-12H,13-14H2,1H3,(H,29,32). The molecule has 188 valence electrons. The summed E-state index contributed by atoms with van der Waals surface area (Å²) in [5.74, 6) is -1.31. The number of alkyl halides is 3. The Kier molecular flexibility index (Phi) is 6.72. The number of aryl methyl sites for hydroxylation is 1. The molecule has 36 heavy (non-hydrogen) atoms. The van der Waals surface area contributed by atoms with Crippen molar-refractivity contribution >= 4 is 50.5 Å². The Morgan fingerprint density at radius 1 is 1.08 bits per heavy atom. The summed E-state index contributed by atoms with van der Waals surface area (Å²) in [5.41, 5.74) is -0.211. The van der Waals surface area contributed by atoms with E-state index in [0.717, 1.165) is 22.6 Å². The van der Waals surface area contributed by atoms with Crippen LogP contribution in [0.4, 0.5) is 30.2 Å². The number of carbonyl (C=O) groups excluding carboxylic acids is 2. The summed E-state index contributed by atoms with van der Waals surface area (Å²) in [6.45, 7) is 0.491. The molecule has 3 aromatic carbocycles. The number of carbonyl (C=O) groups is 2. The van der Waals surface area contributed by atoms with E-state index < -0.39 is 50.8 Å². The van der Waals surface area contributed by atoms with Crippen LogP contribution in [0.25, 0.3) is 0 Å². The Morgan fingerprint density at radius 3 is 2.42 bits per heavy atom. The van der Waals surface area contributed by atoms with Crippen molar-refractivity contribution in [1.29, 1.82) is 0 Å². The molecule has 2 amide bonds. The van der Waals surface area contributed by atoms with Gasteiger partial charge in [0.05, 0.1) is 32.5 Å². The van der Waals surface area contributed by atoms with Gasteiger partial charge < -0.3 is 5.32 Å². The lowest BCUT2D eigenvalue weighted by Gasteiger charge is -2.32. The molecule has 0 atom stereocenters. The van der Waals surface area contributed by atoms with Crippen molar-refractivity contribution in [2.45, 2.75) is 18.0 Å². The number of anilines is 3. The van der Waals surface area contributed by atoms with Crippen LogP contribution in [0.15, 0.2) is 71.6 Å². The minimum Gasteiger partial charge on any atom is -0.323 e. The lowest BCUT2D eigenvalue weighted by molar-refractivity contribution is -0.137. The van der Waals surface area contributed by atoms with Crippen molar-refractivity contribution in [3.8, 4) is 0 Å². The van der Waals surface area contributed by atoms with Crippen LogP contribution in [-0.2, 0) is 25.8 Å². The maximum Gasteiger partial charge on any atom is 0.417 e. The maximum atomic E-state index is 13.6. The van der Waals surface area contributed by atoms with Gasteiger partial charge in [-0.2, -0.15) is 13.2 Å². The van der Waals surface area contributed by atoms with Crippen LogP contribution in [0.2, 0.25) is 5.02 Å². The maximum absolute atomic E-state index is 13.6. The minimum atomic E-state index is -4.86. The normalized spacial score (nSPS) is 13.7. The van der Waals surface area contributed by atoms with Crippen LogP contribution in [0.3, 0.4) is 0 Å². The number of hydrogen-bond donors (Lipinski definition) is 1. The number of fused-ring (bicyclic) bond motifs is 1. The van der Waals surface area contributed by atoms with Crippen LogP contribution in [-0.4, -0.2) is 33.3 Å². The van der Waals surface area contributed by atoms with Crippen molar-refractivity contribution in [3.05, 3.63) is 82.9 Å². The third-order valence-electron chi connectivity index (χ3n) is 5.50. The summed E-state index contributed by atoms with van der Waals surface area (Å²) in [7, 11) is -4.50. The molecule has 1 heterocycles. The van der Waals surface area contributed by atoms with Gasteiger partial charge in [-0.3, -0.25) is 18.8 Å². The molecule has 1 aliphatic heterocycles. The van der Waals surface area contributed by atoms with Crippen LogP contribution in [0.1, 0.15) is 11.1 Å². The molecule has 0 fully saturated rings. The molecule has 7 nitrogen and oxygen atoms in total. The van der Waals surface area contributed by atoms with Gasteiger partial charge in [0.15, 0.2) is 0 Å². The molecule has 0 bridgehead atoms. The third-order valence-corrected chi connectivity index (χ3v) is 7.62. The van der Waals surface area contributed by atoms with Gasteiger partial charge in [-0.15, -0.1) is 0 Å². The van der Waals surface area contributed by atoms with Gasteiger partial charge in [-0.25, -0.2) is 8.42 Å². The Labute approximate surface area is 210 Å². The summed E-state index contributed by atoms with van der Waals surface area (Å²) < 4.78 is 68.4. The predicted molar refractivity (Wildman–Crippen MR) is 130 cm³/mol. The van der Waals surface area contributed by atoms with Gasteiger partial charge in [0, 0.05) is 0 Å². The van der Waals surface area contributed by atoms with E-state index in [9.17, 15) is 31.2 Å². The van der Waals surface area contributed by atoms with E-state index in [2.05, 4.69) is 5.32 Å². The molecule has 0 unspecified atom stereocenters. The number of amides is 2. The van der Waals surface area contributed by atoms with Gasteiger partial charge >= 0.3 is 6.18 Å². The molecule has 0 saturated carbocycles. The number of hydrogen-bond acceptors (Lipinski definition) is 4. The van der Waals surface area contributed by atoms with E-state index >= 15 is 0 Å². The molecule has 1 N–H and O–H groups in total. The van der Waals surface area contributed by atoms with Crippen molar-refractivity contribution < 1.29 is 31.2 Å². The quantitative estimate of drug-likeness (QED) is 0.504. The molecule has 1 aliphatic rings. The van der Waals surface area contributed by atoms with Crippen molar-refractivity contribution in [1.82, 2.24) is 0 Å². The molecule has 0 aromatic heterocycles. The van der Waals surface area contributed by atoms with Gasteiger partial charge in [0.25, 0.3) is 10.0 Å². The fourth-order valence-corrected chi connectivity index (χ4v) is 5.33. The Bertz CT molecular complexity index is 1440. The Hall–Kier alpha value is -3.57. The van der Waals surface area contributed by atoms with E-state index in [-0.39, 0.29) is 11.4 Å². The summed E-state index contributed by atoms with van der Waals surface area (Å²) in [5, 5.41) is 2.00. The van der Waals surface area contributed by atoms with E-state index in [0.29, 0.717) is 21.7 Å². The number of rotatable bonds is 5. The van der Waals surface area contributed by atoms with Crippen molar-refractivity contribution in [3.63, 3.8) is 0 Å². The van der Waals surface area contributed by atoms with E-state index in [1.807, 2.05) is 0 Å². The minimum absolute atomic E-state index is 0.221. The molecule has 3 aromatic rings. The molecule has 0 saturated heterocycles. The number of halogens is 4.